The van der Waals surface area contributed by atoms with E-state index < -0.39 is 23.3 Å². The first-order chi connectivity index (χ1) is 15.8. The lowest BCUT2D eigenvalue weighted by molar-refractivity contribution is -0.135. The molecule has 0 aromatic heterocycles. The number of nitrogens with zero attached hydrogens (tertiary/aromatic N) is 2. The minimum atomic E-state index is -1.34. The van der Waals surface area contributed by atoms with Crippen molar-refractivity contribution in [3.05, 3.63) is 59.9 Å². The van der Waals surface area contributed by atoms with Gasteiger partial charge in [0.2, 0.25) is 5.91 Å². The second-order valence-electron chi connectivity index (χ2n) is 8.48. The van der Waals surface area contributed by atoms with Crippen molar-refractivity contribution in [3.8, 4) is 5.75 Å². The van der Waals surface area contributed by atoms with Crippen LogP contribution in [0.5, 0.6) is 5.75 Å². The largest absolute Gasteiger partial charge is 0.497 e. The minimum absolute atomic E-state index is 0.0313. The van der Waals surface area contributed by atoms with Gasteiger partial charge in [0, 0.05) is 24.8 Å². The molecule has 2 heterocycles. The van der Waals surface area contributed by atoms with Crippen LogP contribution >= 0.6 is 0 Å². The molecule has 0 radical (unpaired) electrons. The summed E-state index contributed by atoms with van der Waals surface area (Å²) in [5.41, 5.74) is 0.213. The Balaban J connectivity index is 1.31. The monoisotopic (exact) mass is 454 g/mol. The van der Waals surface area contributed by atoms with Gasteiger partial charge in [0.15, 0.2) is 0 Å². The van der Waals surface area contributed by atoms with E-state index in [0.29, 0.717) is 5.56 Å². The number of amides is 4. The summed E-state index contributed by atoms with van der Waals surface area (Å²) in [6.07, 6.45) is 1.51. The Morgan fingerprint density at radius 2 is 1.76 bits per heavy atom. The molecule has 2 aromatic carbocycles. The molecule has 2 fully saturated rings. The number of hydrogen-bond donors (Lipinski definition) is 2. The molecule has 2 aromatic rings. The van der Waals surface area contributed by atoms with Gasteiger partial charge in [-0.25, -0.2) is 9.18 Å². The molecule has 174 valence electrons. The maximum Gasteiger partial charge on any atom is 0.325 e. The fourth-order valence-corrected chi connectivity index (χ4v) is 4.31. The number of rotatable bonds is 6. The molecular weight excluding hydrogens is 427 g/mol. The predicted molar refractivity (Wildman–Crippen MR) is 120 cm³/mol. The molecule has 9 heteroatoms. The number of methoxy groups -OCH3 is 1. The zero-order valence-corrected chi connectivity index (χ0v) is 18.6. The van der Waals surface area contributed by atoms with Crippen molar-refractivity contribution in [1.82, 2.24) is 15.5 Å². The maximum atomic E-state index is 13.3. The van der Waals surface area contributed by atoms with Gasteiger partial charge in [0.05, 0.1) is 7.11 Å². The molecule has 0 aliphatic carbocycles. The lowest BCUT2D eigenvalue weighted by Gasteiger charge is -2.34. The third-order valence-electron chi connectivity index (χ3n) is 6.30. The molecule has 8 nitrogen and oxygen atoms in total. The Kier molecular flexibility index (Phi) is 6.22. The normalized spacial score (nSPS) is 21.2. The van der Waals surface area contributed by atoms with Gasteiger partial charge in [0.25, 0.3) is 5.91 Å². The van der Waals surface area contributed by atoms with E-state index in [-0.39, 0.29) is 18.5 Å². The van der Waals surface area contributed by atoms with Gasteiger partial charge in [-0.2, -0.15) is 0 Å². The Morgan fingerprint density at radius 1 is 1.12 bits per heavy atom. The first-order valence-electron chi connectivity index (χ1n) is 10.9. The van der Waals surface area contributed by atoms with Crippen LogP contribution in [-0.4, -0.2) is 55.5 Å². The lowest BCUT2D eigenvalue weighted by Crippen LogP contribution is -2.49. The Bertz CT molecular complexity index is 1040. The summed E-state index contributed by atoms with van der Waals surface area (Å²) in [7, 11) is 1.63. The number of anilines is 1. The van der Waals surface area contributed by atoms with E-state index in [1.54, 1.807) is 14.0 Å². The summed E-state index contributed by atoms with van der Waals surface area (Å²) in [6.45, 7) is 2.75. The smallest absolute Gasteiger partial charge is 0.325 e. The summed E-state index contributed by atoms with van der Waals surface area (Å²) >= 11 is 0. The minimum Gasteiger partial charge on any atom is -0.497 e. The van der Waals surface area contributed by atoms with Gasteiger partial charge in [-0.15, -0.1) is 0 Å². The highest BCUT2D eigenvalue weighted by molar-refractivity contribution is 6.09. The molecule has 33 heavy (non-hydrogen) atoms. The van der Waals surface area contributed by atoms with Crippen molar-refractivity contribution in [2.24, 2.45) is 0 Å². The number of piperidine rings is 1. The molecule has 2 saturated heterocycles. The van der Waals surface area contributed by atoms with Gasteiger partial charge in [0.1, 0.15) is 23.7 Å². The summed E-state index contributed by atoms with van der Waals surface area (Å²) in [4.78, 5) is 41.1. The number of urea groups is 1. The number of halogens is 1. The second-order valence-corrected chi connectivity index (χ2v) is 8.48. The Hall–Kier alpha value is -3.62. The quantitative estimate of drug-likeness (QED) is 0.654. The van der Waals surface area contributed by atoms with E-state index in [2.05, 4.69) is 15.5 Å². The third kappa shape index (κ3) is 4.62. The van der Waals surface area contributed by atoms with Crippen molar-refractivity contribution in [2.45, 2.75) is 31.3 Å². The highest BCUT2D eigenvalue weighted by Gasteiger charge is 2.49. The number of carbonyl (C=O) groups is 3. The number of imide groups is 1. The molecule has 4 rings (SSSR count). The Morgan fingerprint density at radius 3 is 2.36 bits per heavy atom. The highest BCUT2D eigenvalue weighted by atomic mass is 19.1. The molecule has 1 atom stereocenters. The van der Waals surface area contributed by atoms with Gasteiger partial charge in [-0.1, -0.05) is 12.1 Å². The first-order valence-corrected chi connectivity index (χ1v) is 10.9. The van der Waals surface area contributed by atoms with Crippen molar-refractivity contribution in [1.29, 1.82) is 0 Å². The maximum absolute atomic E-state index is 13.3. The molecule has 0 spiro atoms. The fourth-order valence-electron chi connectivity index (χ4n) is 4.31. The van der Waals surface area contributed by atoms with Crippen molar-refractivity contribution < 1.29 is 23.5 Å². The van der Waals surface area contributed by atoms with Crippen LogP contribution in [0.15, 0.2) is 48.5 Å². The van der Waals surface area contributed by atoms with Crippen LogP contribution in [0.4, 0.5) is 14.9 Å². The standard InChI is InChI=1S/C24H27FN4O4/c1-24(16-3-5-17(25)6-4-16)22(31)29(23(32)27-24)15-21(30)26-18-11-13-28(14-12-18)19-7-9-20(33-2)10-8-19/h3-10,18H,11-15H2,1-2H3,(H,26,30)(H,27,32). The van der Waals surface area contributed by atoms with Crippen LogP contribution in [0.1, 0.15) is 25.3 Å². The number of carbonyl (C=O) groups excluding carboxylic acids is 3. The van der Waals surface area contributed by atoms with E-state index in [0.717, 1.165) is 42.3 Å². The third-order valence-corrected chi connectivity index (χ3v) is 6.30. The molecule has 2 N–H and O–H groups in total. The molecule has 0 saturated carbocycles. The van der Waals surface area contributed by atoms with Crippen LogP contribution in [0, 0.1) is 5.82 Å². The zero-order valence-electron chi connectivity index (χ0n) is 18.6. The summed E-state index contributed by atoms with van der Waals surface area (Å²) in [5.74, 6) is -0.557. The van der Waals surface area contributed by atoms with Crippen LogP contribution in [0.2, 0.25) is 0 Å². The fraction of sp³-hybridized carbons (Fsp3) is 0.375. The number of nitrogens with one attached hydrogen (secondary N) is 2. The molecule has 2 aliphatic heterocycles. The van der Waals surface area contributed by atoms with E-state index >= 15 is 0 Å². The van der Waals surface area contributed by atoms with Gasteiger partial charge < -0.3 is 20.3 Å². The van der Waals surface area contributed by atoms with Gasteiger partial charge >= 0.3 is 6.03 Å². The van der Waals surface area contributed by atoms with Crippen molar-refractivity contribution >= 4 is 23.5 Å². The number of benzene rings is 2. The summed E-state index contributed by atoms with van der Waals surface area (Å²) in [6, 6.07) is 12.5. The number of ether oxygens (including phenoxy) is 1. The van der Waals surface area contributed by atoms with Crippen molar-refractivity contribution in [3.63, 3.8) is 0 Å². The van der Waals surface area contributed by atoms with Crippen LogP contribution in [-0.2, 0) is 15.1 Å². The van der Waals surface area contributed by atoms with Crippen LogP contribution in [0.25, 0.3) is 0 Å². The molecule has 1 unspecified atom stereocenters. The van der Waals surface area contributed by atoms with Gasteiger partial charge in [-0.3, -0.25) is 14.5 Å². The van der Waals surface area contributed by atoms with Crippen molar-refractivity contribution in [2.75, 3.05) is 31.6 Å². The SMILES string of the molecule is COc1ccc(N2CCC(NC(=O)CN3C(=O)NC(C)(c4ccc(F)cc4)C3=O)CC2)cc1. The lowest BCUT2D eigenvalue weighted by atomic mass is 9.92. The average Bonchev–Trinajstić information content (AvgIpc) is 3.04. The van der Waals surface area contributed by atoms with E-state index in [9.17, 15) is 18.8 Å². The van der Waals surface area contributed by atoms with Crippen LogP contribution in [0.3, 0.4) is 0 Å². The Labute approximate surface area is 191 Å². The topological polar surface area (TPSA) is 91.0 Å². The van der Waals surface area contributed by atoms with E-state index in [1.807, 2.05) is 24.3 Å². The van der Waals surface area contributed by atoms with E-state index in [1.165, 1.54) is 24.3 Å². The zero-order chi connectivity index (χ0) is 23.6. The first kappa shape index (κ1) is 22.6. The second kappa shape index (κ2) is 9.09. The molecular formula is C24H27FN4O4. The highest BCUT2D eigenvalue weighted by Crippen LogP contribution is 2.29. The molecule has 0 bridgehead atoms. The number of hydrogen-bond acceptors (Lipinski definition) is 5. The van der Waals surface area contributed by atoms with Crippen LogP contribution < -0.4 is 20.3 Å². The summed E-state index contributed by atoms with van der Waals surface area (Å²) in [5, 5.41) is 5.57. The van der Waals surface area contributed by atoms with E-state index in [4.69, 9.17) is 4.74 Å². The molecule has 4 amide bonds. The predicted octanol–water partition coefficient (Wildman–Crippen LogP) is 2.39. The summed E-state index contributed by atoms with van der Waals surface area (Å²) < 4.78 is 18.4. The average molecular weight is 455 g/mol. The van der Waals surface area contributed by atoms with Gasteiger partial charge in [-0.05, 0) is 61.7 Å². The molecule has 2 aliphatic rings.